The molecular weight excluding hydrogens is 182 g/mol. The van der Waals surface area contributed by atoms with Crippen LogP contribution in [0.15, 0.2) is 18.3 Å². The molecular formula is C7H6ClNO3. The van der Waals surface area contributed by atoms with E-state index in [1.54, 1.807) is 6.07 Å². The molecule has 0 fully saturated rings. The Hall–Kier alpha value is -1.29. The molecule has 0 aliphatic heterocycles. The summed E-state index contributed by atoms with van der Waals surface area (Å²) < 4.78 is 8.75. The van der Waals surface area contributed by atoms with E-state index in [4.69, 9.17) is 16.6 Å². The molecule has 1 aromatic rings. The molecule has 0 unspecified atom stereocenters. The second-order valence-electron chi connectivity index (χ2n) is 1.95. The van der Waals surface area contributed by atoms with Gasteiger partial charge in [0.25, 0.3) is 0 Å². The molecule has 64 valence electrons. The van der Waals surface area contributed by atoms with Gasteiger partial charge in [0.1, 0.15) is 11.9 Å². The number of nitrogens with zero attached hydrogens (tertiary/aromatic N) is 1. The van der Waals surface area contributed by atoms with Crippen LogP contribution in [0.25, 0.3) is 0 Å². The standard InChI is InChI=1S/C7H6ClNO3/c1-11-6-3-2-5(4-9-6)7(10)12-8/h2-4H,1H3. The van der Waals surface area contributed by atoms with Gasteiger partial charge in [-0.2, -0.15) is 0 Å². The molecule has 0 N–H and O–H groups in total. The van der Waals surface area contributed by atoms with Crippen LogP contribution in [0.4, 0.5) is 0 Å². The number of hydrogen-bond acceptors (Lipinski definition) is 4. The minimum Gasteiger partial charge on any atom is -0.481 e. The molecule has 0 aliphatic rings. The third kappa shape index (κ3) is 1.85. The maximum absolute atomic E-state index is 10.8. The van der Waals surface area contributed by atoms with Crippen LogP contribution in [-0.2, 0) is 4.29 Å². The van der Waals surface area contributed by atoms with E-state index in [2.05, 4.69) is 9.27 Å². The molecule has 0 saturated heterocycles. The number of pyridine rings is 1. The van der Waals surface area contributed by atoms with Crippen molar-refractivity contribution >= 4 is 17.8 Å². The molecule has 0 radical (unpaired) electrons. The summed E-state index contributed by atoms with van der Waals surface area (Å²) in [5.41, 5.74) is 0.283. The highest BCUT2D eigenvalue weighted by Crippen LogP contribution is 2.07. The zero-order valence-electron chi connectivity index (χ0n) is 6.28. The fraction of sp³-hybridized carbons (Fsp3) is 0.143. The SMILES string of the molecule is COc1ccc(C(=O)OCl)cn1. The van der Waals surface area contributed by atoms with Crippen molar-refractivity contribution in [3.63, 3.8) is 0 Å². The minimum absolute atomic E-state index is 0.283. The highest BCUT2D eigenvalue weighted by molar-refractivity contribution is 6.15. The van der Waals surface area contributed by atoms with Crippen LogP contribution in [0.5, 0.6) is 5.88 Å². The first kappa shape index (κ1) is 8.80. The van der Waals surface area contributed by atoms with Crippen LogP contribution in [-0.4, -0.2) is 18.1 Å². The molecule has 1 aromatic heterocycles. The molecule has 0 aliphatic carbocycles. The van der Waals surface area contributed by atoms with Crippen molar-refractivity contribution in [2.24, 2.45) is 0 Å². The Morgan fingerprint density at radius 3 is 2.75 bits per heavy atom. The Kier molecular flexibility index (Phi) is 2.88. The van der Waals surface area contributed by atoms with Gasteiger partial charge in [0, 0.05) is 12.3 Å². The monoisotopic (exact) mass is 187 g/mol. The lowest BCUT2D eigenvalue weighted by Gasteiger charge is -1.98. The van der Waals surface area contributed by atoms with E-state index >= 15 is 0 Å². The maximum atomic E-state index is 10.8. The average Bonchev–Trinajstić information content (AvgIpc) is 2.17. The van der Waals surface area contributed by atoms with Gasteiger partial charge in [0.15, 0.2) is 0 Å². The Morgan fingerprint density at radius 1 is 1.58 bits per heavy atom. The number of hydrogen-bond donors (Lipinski definition) is 0. The van der Waals surface area contributed by atoms with E-state index in [-0.39, 0.29) is 5.56 Å². The summed E-state index contributed by atoms with van der Waals surface area (Å²) in [6.45, 7) is 0. The van der Waals surface area contributed by atoms with Crippen molar-refractivity contribution < 1.29 is 13.8 Å². The first-order chi connectivity index (χ1) is 5.77. The first-order valence-corrected chi connectivity index (χ1v) is 3.41. The summed E-state index contributed by atoms with van der Waals surface area (Å²) >= 11 is 4.85. The topological polar surface area (TPSA) is 48.4 Å². The number of carbonyl (C=O) groups excluding carboxylic acids is 1. The van der Waals surface area contributed by atoms with Crippen molar-refractivity contribution in [3.05, 3.63) is 23.9 Å². The third-order valence-electron chi connectivity index (χ3n) is 1.25. The number of ether oxygens (including phenoxy) is 1. The van der Waals surface area contributed by atoms with Crippen LogP contribution < -0.4 is 4.74 Å². The highest BCUT2D eigenvalue weighted by atomic mass is 35.5. The zero-order chi connectivity index (χ0) is 8.97. The summed E-state index contributed by atoms with van der Waals surface area (Å²) in [4.78, 5) is 14.6. The van der Waals surface area contributed by atoms with Crippen molar-refractivity contribution in [1.29, 1.82) is 0 Å². The smallest absolute Gasteiger partial charge is 0.357 e. The van der Waals surface area contributed by atoms with Crippen LogP contribution in [0.3, 0.4) is 0 Å². The van der Waals surface area contributed by atoms with Gasteiger partial charge in [-0.3, -0.25) is 0 Å². The van der Waals surface area contributed by atoms with Crippen LogP contribution >= 0.6 is 11.9 Å². The van der Waals surface area contributed by atoms with Gasteiger partial charge in [-0.25, -0.2) is 9.78 Å². The Balaban J connectivity index is 2.84. The second-order valence-corrected chi connectivity index (χ2v) is 2.11. The molecule has 0 spiro atoms. The van der Waals surface area contributed by atoms with E-state index in [1.807, 2.05) is 0 Å². The van der Waals surface area contributed by atoms with E-state index in [0.29, 0.717) is 5.88 Å². The van der Waals surface area contributed by atoms with Crippen molar-refractivity contribution in [2.45, 2.75) is 0 Å². The van der Waals surface area contributed by atoms with Gasteiger partial charge < -0.3 is 9.03 Å². The lowest BCUT2D eigenvalue weighted by Crippen LogP contribution is -1.98. The summed E-state index contributed by atoms with van der Waals surface area (Å²) in [6, 6.07) is 3.06. The number of methoxy groups -OCH3 is 1. The fourth-order valence-electron chi connectivity index (χ4n) is 0.666. The Morgan fingerprint density at radius 2 is 2.33 bits per heavy atom. The molecule has 0 bridgehead atoms. The molecule has 4 nitrogen and oxygen atoms in total. The predicted octanol–water partition coefficient (Wildman–Crippen LogP) is 1.40. The molecule has 1 rings (SSSR count). The highest BCUT2D eigenvalue weighted by Gasteiger charge is 2.06. The number of halogens is 1. The molecule has 5 heteroatoms. The van der Waals surface area contributed by atoms with E-state index in [9.17, 15) is 4.79 Å². The van der Waals surface area contributed by atoms with Crippen molar-refractivity contribution in [3.8, 4) is 5.88 Å². The number of rotatable bonds is 2. The summed E-state index contributed by atoms with van der Waals surface area (Å²) in [5, 5.41) is 0. The quantitative estimate of drug-likeness (QED) is 0.702. The lowest BCUT2D eigenvalue weighted by atomic mass is 10.3. The normalized spacial score (nSPS) is 9.17. The summed E-state index contributed by atoms with van der Waals surface area (Å²) in [6.07, 6.45) is 1.32. The van der Waals surface area contributed by atoms with Crippen LogP contribution in [0.1, 0.15) is 10.4 Å². The fourth-order valence-corrected chi connectivity index (χ4v) is 0.755. The summed E-state index contributed by atoms with van der Waals surface area (Å²) in [5.74, 6) is -0.201. The number of aromatic nitrogens is 1. The molecule has 1 heterocycles. The second kappa shape index (κ2) is 3.92. The summed E-state index contributed by atoms with van der Waals surface area (Å²) in [7, 11) is 1.49. The van der Waals surface area contributed by atoms with Gasteiger partial charge in [-0.15, -0.1) is 0 Å². The Bertz CT molecular complexity index is 272. The maximum Gasteiger partial charge on any atom is 0.357 e. The van der Waals surface area contributed by atoms with Gasteiger partial charge in [0.2, 0.25) is 5.88 Å². The van der Waals surface area contributed by atoms with E-state index in [0.717, 1.165) is 0 Å². The zero-order valence-corrected chi connectivity index (χ0v) is 7.04. The van der Waals surface area contributed by atoms with Crippen molar-refractivity contribution in [2.75, 3.05) is 7.11 Å². The Labute approximate surface area is 74.2 Å². The predicted molar refractivity (Wildman–Crippen MR) is 42.1 cm³/mol. The molecule has 12 heavy (non-hydrogen) atoms. The van der Waals surface area contributed by atoms with E-state index in [1.165, 1.54) is 19.4 Å². The van der Waals surface area contributed by atoms with E-state index < -0.39 is 5.97 Å². The van der Waals surface area contributed by atoms with Crippen molar-refractivity contribution in [1.82, 2.24) is 4.98 Å². The molecule has 0 amide bonds. The largest absolute Gasteiger partial charge is 0.481 e. The van der Waals surface area contributed by atoms with Gasteiger partial charge in [-0.05, 0) is 6.07 Å². The van der Waals surface area contributed by atoms with Gasteiger partial charge >= 0.3 is 5.97 Å². The first-order valence-electron chi connectivity index (χ1n) is 3.11. The third-order valence-corrected chi connectivity index (χ3v) is 1.39. The average molecular weight is 188 g/mol. The lowest BCUT2D eigenvalue weighted by molar-refractivity contribution is 0.0751. The molecule has 0 aromatic carbocycles. The van der Waals surface area contributed by atoms with Crippen LogP contribution in [0, 0.1) is 0 Å². The molecule has 0 atom stereocenters. The number of carbonyl (C=O) groups is 1. The van der Waals surface area contributed by atoms with Gasteiger partial charge in [-0.1, -0.05) is 0 Å². The van der Waals surface area contributed by atoms with Gasteiger partial charge in [0.05, 0.1) is 12.7 Å². The minimum atomic E-state index is -0.633. The van der Waals surface area contributed by atoms with Crippen LogP contribution in [0.2, 0.25) is 0 Å². The molecule has 0 saturated carbocycles.